The van der Waals surface area contributed by atoms with E-state index in [4.69, 9.17) is 0 Å². The maximum atomic E-state index is 10.5. The number of amides is 1. The third-order valence-corrected chi connectivity index (χ3v) is 1.41. The summed E-state index contributed by atoms with van der Waals surface area (Å²) in [4.78, 5) is 12.1. The summed E-state index contributed by atoms with van der Waals surface area (Å²) in [6.07, 6.45) is 0. The van der Waals surface area contributed by atoms with E-state index >= 15 is 0 Å². The highest BCUT2D eigenvalue weighted by atomic mass is 28.1. The predicted octanol–water partition coefficient (Wildman–Crippen LogP) is -1.14. The lowest BCUT2D eigenvalue weighted by atomic mass is 10.6. The van der Waals surface area contributed by atoms with Crippen LogP contribution in [0.3, 0.4) is 0 Å². The summed E-state index contributed by atoms with van der Waals surface area (Å²) < 4.78 is 0. The smallest absolute Gasteiger partial charge is 0.218 e. The molecule has 0 unspecified atom stereocenters. The molecule has 1 amide bonds. The van der Waals surface area contributed by atoms with Gasteiger partial charge in [-0.25, -0.2) is 0 Å². The molecule has 7 heavy (non-hydrogen) atoms. The second-order valence-corrected chi connectivity index (χ2v) is 2.35. The van der Waals surface area contributed by atoms with Gasteiger partial charge in [-0.3, -0.25) is 4.79 Å². The van der Waals surface area contributed by atoms with Gasteiger partial charge in [0.2, 0.25) is 5.91 Å². The van der Waals surface area contributed by atoms with Gasteiger partial charge in [-0.15, -0.1) is 0 Å². The van der Waals surface area contributed by atoms with Crippen molar-refractivity contribution in [3.05, 3.63) is 0 Å². The predicted molar refractivity (Wildman–Crippen MR) is 33.4 cm³/mol. The molecule has 0 aliphatic heterocycles. The molecule has 0 rings (SSSR count). The molecule has 0 saturated carbocycles. The van der Waals surface area contributed by atoms with Gasteiger partial charge >= 0.3 is 0 Å². The van der Waals surface area contributed by atoms with Crippen molar-refractivity contribution in [3.8, 4) is 0 Å². The average Bonchev–Trinajstić information content (AvgIpc) is 1.65. The van der Waals surface area contributed by atoms with Crippen LogP contribution >= 0.6 is 0 Å². The van der Waals surface area contributed by atoms with Gasteiger partial charge in [-0.1, -0.05) is 0 Å². The quantitative estimate of drug-likeness (QED) is 0.397. The topological polar surface area (TPSA) is 20.3 Å². The molecule has 0 saturated heterocycles. The molecule has 2 nitrogen and oxygen atoms in total. The van der Waals surface area contributed by atoms with Crippen LogP contribution in [0.1, 0.15) is 0 Å². The Balaban J connectivity index is 3.35. The van der Waals surface area contributed by atoms with E-state index in [1.54, 1.807) is 19.0 Å². The first-order valence-corrected chi connectivity index (χ1v) is 3.80. The van der Waals surface area contributed by atoms with Crippen LogP contribution in [0.2, 0.25) is 6.04 Å². The van der Waals surface area contributed by atoms with Gasteiger partial charge in [0.25, 0.3) is 0 Å². The molecule has 0 radical (unpaired) electrons. The lowest BCUT2D eigenvalue weighted by molar-refractivity contribution is -0.126. The lowest BCUT2D eigenvalue weighted by Gasteiger charge is -2.05. The molecular weight excluding hydrogens is 106 g/mol. The van der Waals surface area contributed by atoms with Gasteiger partial charge in [0, 0.05) is 30.4 Å². The van der Waals surface area contributed by atoms with Crippen LogP contribution < -0.4 is 0 Å². The molecule has 0 aliphatic carbocycles. The van der Waals surface area contributed by atoms with E-state index in [2.05, 4.69) is 0 Å². The summed E-state index contributed by atoms with van der Waals surface area (Å²) in [7, 11) is 4.54. The van der Waals surface area contributed by atoms with Crippen LogP contribution in [0.25, 0.3) is 0 Å². The Morgan fingerprint density at radius 3 is 2.14 bits per heavy atom. The van der Waals surface area contributed by atoms with E-state index in [1.807, 2.05) is 0 Å². The standard InChI is InChI=1S/C4H11NOSi/c1-5(2)4(6)3-7/h3H2,1-2,7H3. The molecule has 42 valence electrons. The molecule has 0 heterocycles. The van der Waals surface area contributed by atoms with Gasteiger partial charge in [-0.2, -0.15) is 0 Å². The maximum Gasteiger partial charge on any atom is 0.218 e. The fourth-order valence-corrected chi connectivity index (χ4v) is 0.949. The second kappa shape index (κ2) is 2.79. The first-order valence-electron chi connectivity index (χ1n) is 2.38. The van der Waals surface area contributed by atoms with Crippen molar-refractivity contribution >= 4 is 16.1 Å². The Hall–Kier alpha value is -0.313. The molecule has 0 aromatic heterocycles. The van der Waals surface area contributed by atoms with Crippen molar-refractivity contribution in [2.75, 3.05) is 14.1 Å². The van der Waals surface area contributed by atoms with Gasteiger partial charge in [-0.05, 0) is 0 Å². The molecule has 3 heteroatoms. The molecule has 0 aromatic rings. The molecular formula is C4H11NOSi. The first-order chi connectivity index (χ1) is 3.18. The number of hydrogen-bond acceptors (Lipinski definition) is 1. The summed E-state index contributed by atoms with van der Waals surface area (Å²) >= 11 is 0. The summed E-state index contributed by atoms with van der Waals surface area (Å²) in [5.41, 5.74) is 0. The van der Waals surface area contributed by atoms with Gasteiger partial charge < -0.3 is 4.90 Å². The van der Waals surface area contributed by atoms with E-state index in [9.17, 15) is 4.79 Å². The van der Waals surface area contributed by atoms with Gasteiger partial charge in [0.1, 0.15) is 0 Å². The maximum absolute atomic E-state index is 10.5. The van der Waals surface area contributed by atoms with Crippen LogP contribution in [-0.2, 0) is 4.79 Å². The van der Waals surface area contributed by atoms with E-state index in [0.717, 1.165) is 16.3 Å². The van der Waals surface area contributed by atoms with Crippen molar-refractivity contribution in [2.45, 2.75) is 6.04 Å². The Kier molecular flexibility index (Phi) is 2.67. The second-order valence-electron chi connectivity index (χ2n) is 1.64. The minimum Gasteiger partial charge on any atom is -0.349 e. The Labute approximate surface area is 46.9 Å². The fraction of sp³-hybridized carbons (Fsp3) is 0.750. The van der Waals surface area contributed by atoms with Crippen LogP contribution in [-0.4, -0.2) is 35.1 Å². The Bertz CT molecular complexity index is 72.1. The van der Waals surface area contributed by atoms with Crippen LogP contribution in [0.5, 0.6) is 0 Å². The van der Waals surface area contributed by atoms with Crippen LogP contribution in [0, 0.1) is 0 Å². The number of carbonyl (C=O) groups is 1. The zero-order chi connectivity index (χ0) is 5.86. The number of rotatable bonds is 1. The van der Waals surface area contributed by atoms with Crippen molar-refractivity contribution < 1.29 is 4.79 Å². The van der Waals surface area contributed by atoms with Gasteiger partial charge in [0.15, 0.2) is 0 Å². The lowest BCUT2D eigenvalue weighted by Crippen LogP contribution is -2.20. The molecule has 0 spiro atoms. The Morgan fingerprint density at radius 2 is 2.14 bits per heavy atom. The van der Waals surface area contributed by atoms with Crippen molar-refractivity contribution in [2.24, 2.45) is 0 Å². The highest BCUT2D eigenvalue weighted by molar-refractivity contribution is 6.19. The third kappa shape index (κ3) is 2.39. The summed E-state index contributed by atoms with van der Waals surface area (Å²) in [6.45, 7) is 0. The fourth-order valence-electron chi connectivity index (χ4n) is 0.316. The highest BCUT2D eigenvalue weighted by Crippen LogP contribution is 1.79. The third-order valence-electron chi connectivity index (χ3n) is 0.801. The van der Waals surface area contributed by atoms with Crippen molar-refractivity contribution in [1.29, 1.82) is 0 Å². The normalized spacial score (nSPS) is 8.86. The molecule has 0 atom stereocenters. The van der Waals surface area contributed by atoms with Crippen molar-refractivity contribution in [1.82, 2.24) is 4.90 Å². The molecule has 0 N–H and O–H groups in total. The summed E-state index contributed by atoms with van der Waals surface area (Å²) in [5, 5.41) is 0. The zero-order valence-corrected chi connectivity index (χ0v) is 7.06. The van der Waals surface area contributed by atoms with Gasteiger partial charge in [0.05, 0.1) is 0 Å². The van der Waals surface area contributed by atoms with E-state index in [1.165, 1.54) is 0 Å². The number of carbonyl (C=O) groups excluding carboxylic acids is 1. The van der Waals surface area contributed by atoms with Crippen LogP contribution in [0.4, 0.5) is 0 Å². The van der Waals surface area contributed by atoms with E-state index in [-0.39, 0.29) is 5.91 Å². The minimum atomic E-state index is 0.242. The summed E-state index contributed by atoms with van der Waals surface area (Å²) in [5.74, 6) is 0.242. The van der Waals surface area contributed by atoms with E-state index in [0.29, 0.717) is 0 Å². The van der Waals surface area contributed by atoms with Crippen LogP contribution in [0.15, 0.2) is 0 Å². The monoisotopic (exact) mass is 117 g/mol. The SMILES string of the molecule is CN(C)C(=O)C[SiH3]. The first kappa shape index (κ1) is 6.69. The molecule has 0 aromatic carbocycles. The summed E-state index contributed by atoms with van der Waals surface area (Å²) in [6, 6.07) is 0.743. The number of hydrogen-bond donors (Lipinski definition) is 0. The molecule has 0 bridgehead atoms. The van der Waals surface area contributed by atoms with Crippen molar-refractivity contribution in [3.63, 3.8) is 0 Å². The zero-order valence-electron chi connectivity index (χ0n) is 5.06. The van der Waals surface area contributed by atoms with E-state index < -0.39 is 0 Å². The molecule has 0 aliphatic rings. The Morgan fingerprint density at radius 1 is 1.71 bits per heavy atom. The average molecular weight is 117 g/mol. The minimum absolute atomic E-state index is 0.242. The number of nitrogens with zero attached hydrogens (tertiary/aromatic N) is 1. The highest BCUT2D eigenvalue weighted by Gasteiger charge is 1.95. The molecule has 0 fully saturated rings. The largest absolute Gasteiger partial charge is 0.349 e.